The molecule has 9 heteroatoms. The molecule has 4 N–H and O–H groups in total. The summed E-state index contributed by atoms with van der Waals surface area (Å²) in [6, 6.07) is 15.6. The van der Waals surface area contributed by atoms with Crippen LogP contribution in [-0.4, -0.2) is 69.9 Å². The maximum atomic E-state index is 13.9. The summed E-state index contributed by atoms with van der Waals surface area (Å²) < 4.78 is 0. The zero-order chi connectivity index (χ0) is 28.8. The van der Waals surface area contributed by atoms with Crippen molar-refractivity contribution in [1.29, 1.82) is 0 Å². The van der Waals surface area contributed by atoms with Crippen LogP contribution in [0.3, 0.4) is 0 Å². The van der Waals surface area contributed by atoms with E-state index in [1.54, 1.807) is 0 Å². The molecule has 2 heterocycles. The summed E-state index contributed by atoms with van der Waals surface area (Å²) in [5.74, 6) is -1.63. The van der Waals surface area contributed by atoms with Crippen LogP contribution in [0.1, 0.15) is 62.5 Å². The molecule has 2 aromatic rings. The molecule has 9 nitrogen and oxygen atoms in total. The van der Waals surface area contributed by atoms with Crippen LogP contribution in [0.25, 0.3) is 0 Å². The standard InChI is InChI=1S/C32H40N4O5/c37-27-21-24(19-22-11-4-1-5-12-22)33-30(39)28(32(41)16-8-3-9-17-32)35-29(38)26-15-10-18-36(26)31(40)25(34-27)20-23-13-6-2-7-14-23/h1-2,4-7,11-14,24-26,28,41H,3,8-10,15-21H2,(H,33,39)(H,34,37)(H,35,38)/t24-,25-,26+,28?/m0/s1. The first kappa shape index (κ1) is 28.8. The average molecular weight is 561 g/mol. The minimum atomic E-state index is -1.40. The fourth-order valence-electron chi connectivity index (χ4n) is 6.52. The maximum absolute atomic E-state index is 13.9. The molecule has 4 amide bonds. The van der Waals surface area contributed by atoms with Crippen LogP contribution in [0.5, 0.6) is 0 Å². The fourth-order valence-corrected chi connectivity index (χ4v) is 6.52. The second-order valence-electron chi connectivity index (χ2n) is 11.7. The molecule has 3 fully saturated rings. The van der Waals surface area contributed by atoms with Gasteiger partial charge in [0.25, 0.3) is 0 Å². The Morgan fingerprint density at radius 1 is 0.756 bits per heavy atom. The molecule has 1 unspecified atom stereocenters. The van der Waals surface area contributed by atoms with Crippen molar-refractivity contribution in [3.8, 4) is 0 Å². The predicted molar refractivity (Wildman–Crippen MR) is 153 cm³/mol. The number of rotatable bonds is 5. The van der Waals surface area contributed by atoms with Gasteiger partial charge in [0.05, 0.1) is 5.60 Å². The molecule has 2 saturated heterocycles. The molecule has 3 aliphatic rings. The Bertz CT molecular complexity index is 1230. The Labute approximate surface area is 241 Å². The van der Waals surface area contributed by atoms with Crippen LogP contribution in [0.2, 0.25) is 0 Å². The number of hydrogen-bond donors (Lipinski definition) is 4. The van der Waals surface area contributed by atoms with E-state index < -0.39 is 41.6 Å². The average Bonchev–Trinajstić information content (AvgIpc) is 3.46. The molecule has 2 aromatic carbocycles. The molecule has 5 rings (SSSR count). The predicted octanol–water partition coefficient (Wildman–Crippen LogP) is 2.02. The summed E-state index contributed by atoms with van der Waals surface area (Å²) in [5, 5.41) is 20.4. The zero-order valence-corrected chi connectivity index (χ0v) is 23.4. The highest BCUT2D eigenvalue weighted by Gasteiger charge is 2.46. The minimum absolute atomic E-state index is 0.0538. The van der Waals surface area contributed by atoms with E-state index in [2.05, 4.69) is 16.0 Å². The van der Waals surface area contributed by atoms with Gasteiger partial charge in [-0.3, -0.25) is 19.2 Å². The molecule has 41 heavy (non-hydrogen) atoms. The number of fused-ring (bicyclic) bond motifs is 1. The molecule has 2 aliphatic heterocycles. The monoisotopic (exact) mass is 560 g/mol. The highest BCUT2D eigenvalue weighted by molar-refractivity contribution is 5.96. The van der Waals surface area contributed by atoms with Gasteiger partial charge in [0, 0.05) is 25.4 Å². The van der Waals surface area contributed by atoms with Crippen LogP contribution < -0.4 is 16.0 Å². The zero-order valence-electron chi connectivity index (χ0n) is 23.4. The summed E-state index contributed by atoms with van der Waals surface area (Å²) in [4.78, 5) is 56.5. The quantitative estimate of drug-likeness (QED) is 0.445. The molecule has 1 aliphatic carbocycles. The van der Waals surface area contributed by atoms with Crippen LogP contribution >= 0.6 is 0 Å². The van der Waals surface area contributed by atoms with Gasteiger partial charge in [0.1, 0.15) is 18.1 Å². The lowest BCUT2D eigenvalue weighted by molar-refractivity contribution is -0.144. The van der Waals surface area contributed by atoms with E-state index >= 15 is 0 Å². The van der Waals surface area contributed by atoms with E-state index in [1.165, 1.54) is 4.90 Å². The van der Waals surface area contributed by atoms with Gasteiger partial charge in [0.15, 0.2) is 0 Å². The lowest BCUT2D eigenvalue weighted by atomic mass is 9.78. The molecular weight excluding hydrogens is 520 g/mol. The Balaban J connectivity index is 1.49. The normalized spacial score (nSPS) is 27.4. The van der Waals surface area contributed by atoms with E-state index in [0.717, 1.165) is 30.4 Å². The SMILES string of the molecule is O=C1C[C@H](Cc2ccccc2)NC(=O)C(C2(O)CCCCC2)NC(=O)[C@H]2CCCN2C(=O)[C@H](Cc2ccccc2)N1. The van der Waals surface area contributed by atoms with Crippen molar-refractivity contribution in [3.05, 3.63) is 71.8 Å². The van der Waals surface area contributed by atoms with E-state index in [0.29, 0.717) is 38.6 Å². The van der Waals surface area contributed by atoms with Gasteiger partial charge in [-0.15, -0.1) is 0 Å². The Morgan fingerprint density at radius 2 is 1.39 bits per heavy atom. The third kappa shape index (κ3) is 6.96. The Morgan fingerprint density at radius 3 is 2.05 bits per heavy atom. The van der Waals surface area contributed by atoms with Gasteiger partial charge >= 0.3 is 0 Å². The summed E-state index contributed by atoms with van der Waals surface area (Å²) in [6.45, 7) is 0.385. The second-order valence-corrected chi connectivity index (χ2v) is 11.7. The number of nitrogens with zero attached hydrogens (tertiary/aromatic N) is 1. The number of nitrogens with one attached hydrogen (secondary N) is 3. The van der Waals surface area contributed by atoms with Gasteiger partial charge in [-0.25, -0.2) is 0 Å². The number of carbonyl (C=O) groups excluding carboxylic acids is 4. The third-order valence-corrected chi connectivity index (χ3v) is 8.66. The van der Waals surface area contributed by atoms with Crippen molar-refractivity contribution in [3.63, 3.8) is 0 Å². The molecule has 0 bridgehead atoms. The summed E-state index contributed by atoms with van der Waals surface area (Å²) in [6.07, 6.45) is 4.94. The molecule has 0 spiro atoms. The highest BCUT2D eigenvalue weighted by Crippen LogP contribution is 2.32. The third-order valence-electron chi connectivity index (χ3n) is 8.66. The summed E-state index contributed by atoms with van der Waals surface area (Å²) in [5.41, 5.74) is 0.426. The van der Waals surface area contributed by atoms with E-state index in [9.17, 15) is 24.3 Å². The molecule has 0 aromatic heterocycles. The molecule has 0 radical (unpaired) electrons. The van der Waals surface area contributed by atoms with Crippen molar-refractivity contribution in [1.82, 2.24) is 20.9 Å². The Hall–Kier alpha value is -3.72. The van der Waals surface area contributed by atoms with Crippen molar-refractivity contribution >= 4 is 23.6 Å². The van der Waals surface area contributed by atoms with Gasteiger partial charge in [0.2, 0.25) is 23.6 Å². The first-order valence-electron chi connectivity index (χ1n) is 14.8. The number of carbonyl (C=O) groups is 4. The maximum Gasteiger partial charge on any atom is 0.246 e. The smallest absolute Gasteiger partial charge is 0.246 e. The first-order valence-corrected chi connectivity index (χ1v) is 14.8. The lowest BCUT2D eigenvalue weighted by Gasteiger charge is -2.39. The lowest BCUT2D eigenvalue weighted by Crippen LogP contribution is -2.64. The topological polar surface area (TPSA) is 128 Å². The van der Waals surface area contributed by atoms with Crippen molar-refractivity contribution in [2.45, 2.75) is 94.0 Å². The second kappa shape index (κ2) is 12.9. The van der Waals surface area contributed by atoms with Crippen LogP contribution in [0.4, 0.5) is 0 Å². The molecule has 218 valence electrons. The summed E-state index contributed by atoms with van der Waals surface area (Å²) >= 11 is 0. The number of aliphatic hydroxyl groups is 1. The largest absolute Gasteiger partial charge is 0.387 e. The van der Waals surface area contributed by atoms with Gasteiger partial charge in [-0.2, -0.15) is 0 Å². The number of benzene rings is 2. The minimum Gasteiger partial charge on any atom is -0.387 e. The van der Waals surface area contributed by atoms with Crippen molar-refractivity contribution in [2.24, 2.45) is 0 Å². The fraction of sp³-hybridized carbons (Fsp3) is 0.500. The Kier molecular flexibility index (Phi) is 9.03. The van der Waals surface area contributed by atoms with E-state index in [1.807, 2.05) is 60.7 Å². The van der Waals surface area contributed by atoms with Crippen LogP contribution in [-0.2, 0) is 32.0 Å². The highest BCUT2D eigenvalue weighted by atomic mass is 16.3. The van der Waals surface area contributed by atoms with Crippen molar-refractivity contribution in [2.75, 3.05) is 6.54 Å². The van der Waals surface area contributed by atoms with Crippen LogP contribution in [0, 0.1) is 0 Å². The van der Waals surface area contributed by atoms with Gasteiger partial charge in [-0.1, -0.05) is 79.9 Å². The number of hydrogen-bond acceptors (Lipinski definition) is 5. The number of amides is 4. The van der Waals surface area contributed by atoms with E-state index in [-0.39, 0.29) is 24.7 Å². The van der Waals surface area contributed by atoms with Crippen molar-refractivity contribution < 1.29 is 24.3 Å². The van der Waals surface area contributed by atoms with Gasteiger partial charge in [-0.05, 0) is 43.2 Å². The molecular formula is C32H40N4O5. The van der Waals surface area contributed by atoms with Gasteiger partial charge < -0.3 is 26.0 Å². The summed E-state index contributed by atoms with van der Waals surface area (Å²) in [7, 11) is 0. The van der Waals surface area contributed by atoms with E-state index in [4.69, 9.17) is 0 Å². The molecule has 4 atom stereocenters. The van der Waals surface area contributed by atoms with Crippen LogP contribution in [0.15, 0.2) is 60.7 Å². The first-order chi connectivity index (χ1) is 19.8. The molecule has 1 saturated carbocycles.